The molecular weight excluding hydrogens is 380 g/mol. The molecule has 0 unspecified atom stereocenters. The van der Waals surface area contributed by atoms with Crippen molar-refractivity contribution in [1.29, 1.82) is 0 Å². The van der Waals surface area contributed by atoms with E-state index < -0.39 is 0 Å². The van der Waals surface area contributed by atoms with Crippen molar-refractivity contribution >= 4 is 48.5 Å². The Balaban J connectivity index is 1.99. The predicted molar refractivity (Wildman–Crippen MR) is 97.9 cm³/mol. The fraction of sp³-hybridized carbons (Fsp3) is 0.500. The molecule has 1 N–H and O–H groups in total. The second-order valence-electron chi connectivity index (χ2n) is 5.09. The molecule has 2 rings (SSSR count). The molecule has 0 aliphatic heterocycles. The Morgan fingerprint density at radius 1 is 1.43 bits per heavy atom. The summed E-state index contributed by atoms with van der Waals surface area (Å²) in [4.78, 5) is 16.3. The fourth-order valence-corrected chi connectivity index (χ4v) is 3.48. The van der Waals surface area contributed by atoms with Crippen LogP contribution in [0.15, 0.2) is 18.2 Å². The summed E-state index contributed by atoms with van der Waals surface area (Å²) in [6.07, 6.45) is 2.60. The minimum atomic E-state index is -0.181. The zero-order valence-corrected chi connectivity index (χ0v) is 15.7. The van der Waals surface area contributed by atoms with Crippen LogP contribution in [0, 0.1) is 0 Å². The molecule has 0 saturated heterocycles. The summed E-state index contributed by atoms with van der Waals surface area (Å²) < 4.78 is 11.7. The monoisotopic (exact) mass is 400 g/mol. The number of hydrogen-bond donors (Lipinski definition) is 1. The third-order valence-electron chi connectivity index (χ3n) is 3.18. The van der Waals surface area contributed by atoms with Gasteiger partial charge in [0.15, 0.2) is 5.13 Å². The lowest BCUT2D eigenvalue weighted by Crippen LogP contribution is -2.22. The molecule has 0 aliphatic rings. The Morgan fingerprint density at radius 2 is 2.26 bits per heavy atom. The molecule has 23 heavy (non-hydrogen) atoms. The van der Waals surface area contributed by atoms with Gasteiger partial charge < -0.3 is 14.8 Å². The van der Waals surface area contributed by atoms with Crippen molar-refractivity contribution in [3.05, 3.63) is 18.2 Å². The van der Waals surface area contributed by atoms with E-state index in [1.807, 2.05) is 25.1 Å². The first-order valence-corrected chi connectivity index (χ1v) is 9.34. The summed E-state index contributed by atoms with van der Waals surface area (Å²) in [6.45, 7) is 3.35. The van der Waals surface area contributed by atoms with E-state index in [0.717, 1.165) is 35.2 Å². The summed E-state index contributed by atoms with van der Waals surface area (Å²) in [5.41, 5.74) is 0.858. The molecule has 0 spiro atoms. The molecule has 0 fully saturated rings. The van der Waals surface area contributed by atoms with Gasteiger partial charge in [0, 0.05) is 20.1 Å². The van der Waals surface area contributed by atoms with E-state index in [1.165, 1.54) is 11.3 Å². The van der Waals surface area contributed by atoms with Gasteiger partial charge in [-0.25, -0.2) is 4.98 Å². The van der Waals surface area contributed by atoms with E-state index in [2.05, 4.69) is 26.2 Å². The van der Waals surface area contributed by atoms with Crippen molar-refractivity contribution in [2.75, 3.05) is 25.6 Å². The number of thiazole rings is 1. The second-order valence-corrected chi connectivity index (χ2v) is 7.22. The molecule has 1 amide bonds. The minimum absolute atomic E-state index is 0.0538. The lowest BCUT2D eigenvalue weighted by Gasteiger charge is -2.06. The standard InChI is InChI=1S/C16H21BrN2O3S/c1-3-5-12(17)15(20)19-16-18-13-7-6-11(10-14(13)23-16)22-9-4-8-21-2/h6-7,10,12H,3-5,8-9H2,1-2H3,(H,18,19,20)/t12-/m1/s1. The van der Waals surface area contributed by atoms with E-state index in [4.69, 9.17) is 9.47 Å². The average molecular weight is 401 g/mol. The zero-order chi connectivity index (χ0) is 16.7. The molecule has 0 aliphatic carbocycles. The van der Waals surface area contributed by atoms with Gasteiger partial charge in [0.2, 0.25) is 5.91 Å². The molecule has 1 atom stereocenters. The molecular formula is C16H21BrN2O3S. The first-order chi connectivity index (χ1) is 11.1. The van der Waals surface area contributed by atoms with Crippen molar-refractivity contribution in [3.8, 4) is 5.75 Å². The lowest BCUT2D eigenvalue weighted by atomic mass is 10.2. The van der Waals surface area contributed by atoms with Crippen LogP contribution in [0.2, 0.25) is 0 Å². The van der Waals surface area contributed by atoms with Crippen LogP contribution in [0.25, 0.3) is 10.2 Å². The quantitative estimate of drug-likeness (QED) is 0.505. The molecule has 0 radical (unpaired) electrons. The Kier molecular flexibility index (Phi) is 7.26. The van der Waals surface area contributed by atoms with Crippen LogP contribution >= 0.6 is 27.3 Å². The van der Waals surface area contributed by atoms with E-state index in [1.54, 1.807) is 7.11 Å². The first kappa shape index (κ1) is 18.2. The Hall–Kier alpha value is -1.18. The molecule has 1 aromatic carbocycles. The van der Waals surface area contributed by atoms with Crippen LogP contribution in [-0.2, 0) is 9.53 Å². The summed E-state index contributed by atoms with van der Waals surface area (Å²) in [6, 6.07) is 5.75. The zero-order valence-electron chi connectivity index (χ0n) is 13.3. The highest BCUT2D eigenvalue weighted by atomic mass is 79.9. The van der Waals surface area contributed by atoms with Gasteiger partial charge in [-0.05, 0) is 24.6 Å². The van der Waals surface area contributed by atoms with Crippen LogP contribution in [0.5, 0.6) is 5.75 Å². The third-order valence-corrected chi connectivity index (χ3v) is 4.99. The smallest absolute Gasteiger partial charge is 0.239 e. The number of anilines is 1. The number of nitrogens with zero attached hydrogens (tertiary/aromatic N) is 1. The summed E-state index contributed by atoms with van der Waals surface area (Å²) in [5, 5.41) is 3.47. The van der Waals surface area contributed by atoms with Gasteiger partial charge in [-0.15, -0.1) is 0 Å². The van der Waals surface area contributed by atoms with Crippen molar-refractivity contribution < 1.29 is 14.3 Å². The first-order valence-electron chi connectivity index (χ1n) is 7.61. The lowest BCUT2D eigenvalue weighted by molar-refractivity contribution is -0.115. The van der Waals surface area contributed by atoms with Gasteiger partial charge in [-0.1, -0.05) is 40.6 Å². The predicted octanol–water partition coefficient (Wildman–Crippen LogP) is 4.21. The van der Waals surface area contributed by atoms with Crippen molar-refractivity contribution in [1.82, 2.24) is 4.98 Å². The molecule has 7 heteroatoms. The second kappa shape index (κ2) is 9.20. The minimum Gasteiger partial charge on any atom is -0.493 e. The number of carbonyl (C=O) groups is 1. The van der Waals surface area contributed by atoms with Crippen molar-refractivity contribution in [3.63, 3.8) is 0 Å². The normalized spacial score (nSPS) is 12.3. The molecule has 5 nitrogen and oxygen atoms in total. The highest BCUT2D eigenvalue weighted by molar-refractivity contribution is 9.10. The Bertz CT molecular complexity index is 647. The maximum atomic E-state index is 12.0. The number of alkyl halides is 1. The largest absolute Gasteiger partial charge is 0.493 e. The Labute approximate surface area is 148 Å². The number of amides is 1. The van der Waals surface area contributed by atoms with Crippen LogP contribution in [0.4, 0.5) is 5.13 Å². The number of ether oxygens (including phenoxy) is 2. The van der Waals surface area contributed by atoms with E-state index in [-0.39, 0.29) is 10.7 Å². The van der Waals surface area contributed by atoms with Crippen molar-refractivity contribution in [2.45, 2.75) is 31.0 Å². The number of rotatable bonds is 9. The highest BCUT2D eigenvalue weighted by Gasteiger charge is 2.15. The summed E-state index contributed by atoms with van der Waals surface area (Å²) >= 11 is 4.84. The van der Waals surface area contributed by atoms with E-state index in [9.17, 15) is 4.79 Å². The third kappa shape index (κ3) is 5.44. The number of halogens is 1. The maximum Gasteiger partial charge on any atom is 0.239 e. The maximum absolute atomic E-state index is 12.0. The number of nitrogens with one attached hydrogen (secondary N) is 1. The molecule has 0 saturated carbocycles. The molecule has 2 aromatic rings. The van der Waals surface area contributed by atoms with Crippen LogP contribution in [0.1, 0.15) is 26.2 Å². The summed E-state index contributed by atoms with van der Waals surface area (Å²) in [7, 11) is 1.68. The SMILES string of the molecule is CCC[C@@H](Br)C(=O)Nc1nc2ccc(OCCCOC)cc2s1. The van der Waals surface area contributed by atoms with E-state index >= 15 is 0 Å². The topological polar surface area (TPSA) is 60.5 Å². The molecule has 0 bridgehead atoms. The van der Waals surface area contributed by atoms with Crippen LogP contribution in [-0.4, -0.2) is 36.0 Å². The van der Waals surface area contributed by atoms with Gasteiger partial charge in [0.1, 0.15) is 5.75 Å². The van der Waals surface area contributed by atoms with Crippen LogP contribution in [0.3, 0.4) is 0 Å². The number of aromatic nitrogens is 1. The van der Waals surface area contributed by atoms with Crippen LogP contribution < -0.4 is 10.1 Å². The number of benzene rings is 1. The van der Waals surface area contributed by atoms with E-state index in [0.29, 0.717) is 18.3 Å². The number of fused-ring (bicyclic) bond motifs is 1. The number of methoxy groups -OCH3 is 1. The molecule has 126 valence electrons. The number of hydrogen-bond acceptors (Lipinski definition) is 5. The molecule has 1 aromatic heterocycles. The Morgan fingerprint density at radius 3 is 3.00 bits per heavy atom. The fourth-order valence-electron chi connectivity index (χ4n) is 2.01. The van der Waals surface area contributed by atoms with Gasteiger partial charge in [-0.2, -0.15) is 0 Å². The van der Waals surface area contributed by atoms with Gasteiger partial charge in [-0.3, -0.25) is 4.79 Å². The van der Waals surface area contributed by atoms with Gasteiger partial charge >= 0.3 is 0 Å². The average Bonchev–Trinajstić information content (AvgIpc) is 2.93. The van der Waals surface area contributed by atoms with Gasteiger partial charge in [0.05, 0.1) is 21.7 Å². The highest BCUT2D eigenvalue weighted by Crippen LogP contribution is 2.29. The van der Waals surface area contributed by atoms with Gasteiger partial charge in [0.25, 0.3) is 0 Å². The molecule has 1 heterocycles. The van der Waals surface area contributed by atoms with Crippen molar-refractivity contribution in [2.24, 2.45) is 0 Å². The summed E-state index contributed by atoms with van der Waals surface area (Å²) in [5.74, 6) is 0.751. The number of carbonyl (C=O) groups excluding carboxylic acids is 1.